The topological polar surface area (TPSA) is 57.5 Å². The Hall–Kier alpha value is -1.56. The van der Waals surface area contributed by atoms with Gasteiger partial charge in [-0.15, -0.1) is 0 Å². The standard InChI is InChI=1S/C18H22ClN3O2/c1-11-8-22(10-20-16-9-21-4-2-12(16)3-5-21)17-14(11)6-13(19)7-15(17)18(23)24/h6-8,12,16,20H,2-5,9-10H2,1H3,(H,23,24)/t16-/m1/s1. The second kappa shape index (κ2) is 6.06. The number of benzene rings is 1. The van der Waals surface area contributed by atoms with Gasteiger partial charge in [0.25, 0.3) is 0 Å². The first-order valence-electron chi connectivity index (χ1n) is 8.51. The molecule has 0 saturated carbocycles. The zero-order valence-electron chi connectivity index (χ0n) is 13.8. The van der Waals surface area contributed by atoms with Gasteiger partial charge in [-0.1, -0.05) is 11.6 Å². The van der Waals surface area contributed by atoms with Gasteiger partial charge in [0.2, 0.25) is 0 Å². The van der Waals surface area contributed by atoms with Crippen LogP contribution in [0.25, 0.3) is 10.9 Å². The Morgan fingerprint density at radius 2 is 2.12 bits per heavy atom. The van der Waals surface area contributed by atoms with E-state index in [0.29, 0.717) is 17.7 Å². The van der Waals surface area contributed by atoms with Crippen LogP contribution in [0.5, 0.6) is 0 Å². The minimum absolute atomic E-state index is 0.265. The van der Waals surface area contributed by atoms with E-state index in [1.807, 2.05) is 23.8 Å². The number of carboxylic acids is 1. The van der Waals surface area contributed by atoms with Crippen molar-refractivity contribution in [3.05, 3.63) is 34.5 Å². The minimum atomic E-state index is -0.940. The zero-order valence-corrected chi connectivity index (χ0v) is 14.5. The van der Waals surface area contributed by atoms with Crippen LogP contribution in [-0.2, 0) is 6.67 Å². The number of carbonyl (C=O) groups is 1. The van der Waals surface area contributed by atoms with Gasteiger partial charge in [-0.25, -0.2) is 4.79 Å². The third kappa shape index (κ3) is 2.70. The summed E-state index contributed by atoms with van der Waals surface area (Å²) in [6, 6.07) is 3.88. The second-order valence-electron chi connectivity index (χ2n) is 7.04. The van der Waals surface area contributed by atoms with Crippen LogP contribution in [0, 0.1) is 12.8 Å². The Bertz CT molecular complexity index is 793. The highest BCUT2D eigenvalue weighted by Crippen LogP contribution is 2.30. The van der Waals surface area contributed by atoms with Crippen molar-refractivity contribution >= 4 is 28.5 Å². The van der Waals surface area contributed by atoms with Crippen molar-refractivity contribution in [3.8, 4) is 0 Å². The zero-order chi connectivity index (χ0) is 16.8. The molecule has 2 bridgehead atoms. The van der Waals surface area contributed by atoms with E-state index in [4.69, 9.17) is 11.6 Å². The molecule has 24 heavy (non-hydrogen) atoms. The van der Waals surface area contributed by atoms with Crippen molar-refractivity contribution in [1.82, 2.24) is 14.8 Å². The normalized spacial score (nSPS) is 26.2. The third-order valence-corrected chi connectivity index (χ3v) is 5.76. The van der Waals surface area contributed by atoms with E-state index in [-0.39, 0.29) is 5.56 Å². The SMILES string of the molecule is Cc1cn(CN[C@@H]2CN3CCC2CC3)c2c(C(=O)O)cc(Cl)cc12. The van der Waals surface area contributed by atoms with E-state index in [1.54, 1.807) is 0 Å². The maximum absolute atomic E-state index is 11.6. The number of aromatic nitrogens is 1. The van der Waals surface area contributed by atoms with E-state index < -0.39 is 5.97 Å². The molecule has 1 atom stereocenters. The molecule has 4 heterocycles. The van der Waals surface area contributed by atoms with Gasteiger partial charge < -0.3 is 14.6 Å². The molecule has 0 spiro atoms. The van der Waals surface area contributed by atoms with Crippen molar-refractivity contribution in [1.29, 1.82) is 0 Å². The van der Waals surface area contributed by atoms with E-state index in [9.17, 15) is 9.90 Å². The minimum Gasteiger partial charge on any atom is -0.478 e. The van der Waals surface area contributed by atoms with Crippen molar-refractivity contribution in [2.24, 2.45) is 5.92 Å². The average molecular weight is 348 g/mol. The molecule has 0 amide bonds. The third-order valence-electron chi connectivity index (χ3n) is 5.55. The number of rotatable bonds is 4. The Labute approximate surface area is 146 Å². The van der Waals surface area contributed by atoms with E-state index in [0.717, 1.165) is 28.9 Å². The van der Waals surface area contributed by atoms with Gasteiger partial charge in [0, 0.05) is 29.2 Å². The molecule has 1 aromatic carbocycles. The van der Waals surface area contributed by atoms with Crippen molar-refractivity contribution < 1.29 is 9.90 Å². The molecule has 2 N–H and O–H groups in total. The summed E-state index contributed by atoms with van der Waals surface area (Å²) in [4.78, 5) is 14.2. The molecule has 6 heteroatoms. The molecule has 2 aromatic rings. The van der Waals surface area contributed by atoms with Crippen LogP contribution in [-0.4, -0.2) is 46.2 Å². The summed E-state index contributed by atoms with van der Waals surface area (Å²) in [6.07, 6.45) is 4.54. The summed E-state index contributed by atoms with van der Waals surface area (Å²) in [7, 11) is 0. The molecule has 128 valence electrons. The number of hydrogen-bond donors (Lipinski definition) is 2. The predicted molar refractivity (Wildman–Crippen MR) is 94.7 cm³/mol. The summed E-state index contributed by atoms with van der Waals surface area (Å²) in [6.45, 7) is 6.16. The quantitative estimate of drug-likeness (QED) is 0.892. The predicted octanol–water partition coefficient (Wildman–Crippen LogP) is 2.94. The molecule has 0 aliphatic carbocycles. The van der Waals surface area contributed by atoms with Gasteiger partial charge in [0.05, 0.1) is 17.7 Å². The monoisotopic (exact) mass is 347 g/mol. The molecule has 5 rings (SSSR count). The number of fused-ring (bicyclic) bond motifs is 4. The lowest BCUT2D eigenvalue weighted by Crippen LogP contribution is -2.56. The summed E-state index contributed by atoms with van der Waals surface area (Å²) >= 11 is 6.10. The molecule has 0 unspecified atom stereocenters. The highest BCUT2D eigenvalue weighted by atomic mass is 35.5. The summed E-state index contributed by atoms with van der Waals surface area (Å²) in [5, 5.41) is 14.6. The van der Waals surface area contributed by atoms with Gasteiger partial charge >= 0.3 is 5.97 Å². The Balaban J connectivity index is 1.63. The van der Waals surface area contributed by atoms with Crippen LogP contribution in [0.15, 0.2) is 18.3 Å². The Kier molecular flexibility index (Phi) is 4.03. The van der Waals surface area contributed by atoms with Crippen LogP contribution in [0.3, 0.4) is 0 Å². The molecule has 3 fully saturated rings. The lowest BCUT2D eigenvalue weighted by atomic mass is 9.84. The first-order chi connectivity index (χ1) is 11.5. The number of piperidine rings is 3. The number of halogens is 1. The van der Waals surface area contributed by atoms with Crippen LogP contribution in [0.4, 0.5) is 0 Å². The first kappa shape index (κ1) is 15.9. The number of nitrogens with zero attached hydrogens (tertiary/aromatic N) is 2. The Morgan fingerprint density at radius 1 is 1.38 bits per heavy atom. The fourth-order valence-electron chi connectivity index (χ4n) is 4.28. The molecule has 1 aromatic heterocycles. The smallest absolute Gasteiger partial charge is 0.337 e. The second-order valence-corrected chi connectivity index (χ2v) is 7.48. The summed E-state index contributed by atoms with van der Waals surface area (Å²) in [5.74, 6) is -0.198. The van der Waals surface area contributed by atoms with Crippen molar-refractivity contribution in [3.63, 3.8) is 0 Å². The lowest BCUT2D eigenvalue weighted by molar-refractivity contribution is 0.0687. The molecule has 3 saturated heterocycles. The van der Waals surface area contributed by atoms with Gasteiger partial charge in [0.1, 0.15) is 0 Å². The van der Waals surface area contributed by atoms with Gasteiger partial charge in [-0.05, 0) is 56.5 Å². The van der Waals surface area contributed by atoms with E-state index >= 15 is 0 Å². The highest BCUT2D eigenvalue weighted by molar-refractivity contribution is 6.32. The first-order valence-corrected chi connectivity index (χ1v) is 8.89. The average Bonchev–Trinajstić information content (AvgIpc) is 2.89. The summed E-state index contributed by atoms with van der Waals surface area (Å²) in [5.41, 5.74) is 2.06. The molecule has 5 nitrogen and oxygen atoms in total. The molecule has 0 radical (unpaired) electrons. The lowest BCUT2D eigenvalue weighted by Gasteiger charge is -2.45. The molecule has 3 aliphatic heterocycles. The fraction of sp³-hybridized carbons (Fsp3) is 0.500. The number of carboxylic acid groups (broad SMARTS) is 1. The van der Waals surface area contributed by atoms with Gasteiger partial charge in [-0.3, -0.25) is 5.32 Å². The van der Waals surface area contributed by atoms with Crippen LogP contribution in [0.2, 0.25) is 5.02 Å². The Morgan fingerprint density at radius 3 is 2.75 bits per heavy atom. The fourth-order valence-corrected chi connectivity index (χ4v) is 4.50. The van der Waals surface area contributed by atoms with Crippen LogP contribution in [0.1, 0.15) is 28.8 Å². The number of aromatic carboxylic acids is 1. The van der Waals surface area contributed by atoms with E-state index in [1.165, 1.54) is 32.0 Å². The van der Waals surface area contributed by atoms with Gasteiger partial charge in [-0.2, -0.15) is 0 Å². The maximum atomic E-state index is 11.6. The molecule has 3 aliphatic rings. The molecular formula is C18H22ClN3O2. The largest absolute Gasteiger partial charge is 0.478 e. The van der Waals surface area contributed by atoms with Crippen molar-refractivity contribution in [2.75, 3.05) is 19.6 Å². The van der Waals surface area contributed by atoms with Crippen molar-refractivity contribution in [2.45, 2.75) is 32.5 Å². The van der Waals surface area contributed by atoms with Gasteiger partial charge in [0.15, 0.2) is 0 Å². The highest BCUT2D eigenvalue weighted by Gasteiger charge is 2.33. The maximum Gasteiger partial charge on any atom is 0.337 e. The van der Waals surface area contributed by atoms with Crippen LogP contribution >= 0.6 is 11.6 Å². The van der Waals surface area contributed by atoms with Crippen LogP contribution < -0.4 is 5.32 Å². The number of hydrogen-bond acceptors (Lipinski definition) is 3. The number of nitrogens with one attached hydrogen (secondary N) is 1. The summed E-state index contributed by atoms with van der Waals surface area (Å²) < 4.78 is 2.02. The molecular weight excluding hydrogens is 326 g/mol. The number of aryl methyl sites for hydroxylation is 1. The van der Waals surface area contributed by atoms with E-state index in [2.05, 4.69) is 10.2 Å².